The zero-order valence-corrected chi connectivity index (χ0v) is 11.6. The highest BCUT2D eigenvalue weighted by Gasteiger charge is 2.14. The summed E-state index contributed by atoms with van der Waals surface area (Å²) in [5, 5.41) is 10.8. The van der Waals surface area contributed by atoms with Gasteiger partial charge in [0, 0.05) is 17.6 Å². The second kappa shape index (κ2) is 5.99. The van der Waals surface area contributed by atoms with Crippen LogP contribution in [-0.2, 0) is 6.42 Å². The molecule has 1 aromatic carbocycles. The normalized spacial score (nSPS) is 12.2. The number of aliphatic hydroxyl groups excluding tert-OH is 1. The van der Waals surface area contributed by atoms with E-state index in [4.69, 9.17) is 16.3 Å². The van der Waals surface area contributed by atoms with Crippen molar-refractivity contribution < 1.29 is 9.84 Å². The first-order chi connectivity index (χ1) is 9.10. The Balaban J connectivity index is 2.20. The molecule has 19 heavy (non-hydrogen) atoms. The summed E-state index contributed by atoms with van der Waals surface area (Å²) in [5.41, 5.74) is 2.19. The highest BCUT2D eigenvalue weighted by Crippen LogP contribution is 2.27. The van der Waals surface area contributed by atoms with Gasteiger partial charge in [0.2, 0.25) is 0 Å². The number of hydrogen-bond donors (Lipinski definition) is 1. The lowest BCUT2D eigenvalue weighted by atomic mass is 10.0. The van der Waals surface area contributed by atoms with Crippen molar-refractivity contribution in [3.8, 4) is 5.75 Å². The van der Waals surface area contributed by atoms with Crippen molar-refractivity contribution in [3.05, 3.63) is 52.6 Å². The van der Waals surface area contributed by atoms with Crippen LogP contribution in [0.4, 0.5) is 0 Å². The minimum atomic E-state index is -0.736. The van der Waals surface area contributed by atoms with Crippen LogP contribution in [0.25, 0.3) is 0 Å². The third kappa shape index (κ3) is 3.43. The Morgan fingerprint density at radius 1 is 1.32 bits per heavy atom. The van der Waals surface area contributed by atoms with Gasteiger partial charge in [-0.3, -0.25) is 9.97 Å². The molecule has 1 N–H and O–H groups in total. The van der Waals surface area contributed by atoms with Gasteiger partial charge < -0.3 is 9.84 Å². The Morgan fingerprint density at radius 3 is 2.74 bits per heavy atom. The lowest BCUT2D eigenvalue weighted by Gasteiger charge is -2.13. The number of aromatic nitrogens is 2. The predicted octanol–water partition coefficient (Wildman–Crippen LogP) is 2.72. The molecule has 0 saturated heterocycles. The van der Waals surface area contributed by atoms with E-state index in [0.29, 0.717) is 22.9 Å². The number of aliphatic hydroxyl groups is 1. The maximum absolute atomic E-state index is 10.2. The number of aryl methyl sites for hydroxylation is 1. The largest absolute Gasteiger partial charge is 0.496 e. The fourth-order valence-corrected chi connectivity index (χ4v) is 1.99. The molecule has 1 atom stereocenters. The topological polar surface area (TPSA) is 55.2 Å². The van der Waals surface area contributed by atoms with Crippen LogP contribution in [0.15, 0.2) is 30.6 Å². The Morgan fingerprint density at radius 2 is 2.11 bits per heavy atom. The Hall–Kier alpha value is -1.65. The molecule has 1 aromatic heterocycles. The summed E-state index contributed by atoms with van der Waals surface area (Å²) in [7, 11) is 1.59. The lowest BCUT2D eigenvalue weighted by molar-refractivity contribution is 0.172. The van der Waals surface area contributed by atoms with Gasteiger partial charge in [-0.2, -0.15) is 0 Å². The SMILES string of the molecule is COc1ccc(Cl)cc1CC(O)c1cnc(C)cn1. The molecule has 1 unspecified atom stereocenters. The number of methoxy groups -OCH3 is 1. The van der Waals surface area contributed by atoms with Crippen molar-refractivity contribution in [2.75, 3.05) is 7.11 Å². The predicted molar refractivity (Wildman–Crippen MR) is 73.4 cm³/mol. The monoisotopic (exact) mass is 278 g/mol. The fraction of sp³-hybridized carbons (Fsp3) is 0.286. The van der Waals surface area contributed by atoms with Crippen molar-refractivity contribution in [1.29, 1.82) is 0 Å². The zero-order valence-electron chi connectivity index (χ0n) is 10.8. The molecule has 0 amide bonds. The molecule has 100 valence electrons. The summed E-state index contributed by atoms with van der Waals surface area (Å²) >= 11 is 5.96. The highest BCUT2D eigenvalue weighted by molar-refractivity contribution is 6.30. The van der Waals surface area contributed by atoms with E-state index in [0.717, 1.165) is 11.3 Å². The molecule has 0 saturated carbocycles. The number of nitrogens with zero attached hydrogens (tertiary/aromatic N) is 2. The summed E-state index contributed by atoms with van der Waals surface area (Å²) in [6.45, 7) is 1.85. The number of benzene rings is 1. The van der Waals surface area contributed by atoms with Gasteiger partial charge in [-0.05, 0) is 30.7 Å². The number of halogens is 1. The molecular formula is C14H15ClN2O2. The van der Waals surface area contributed by atoms with Gasteiger partial charge >= 0.3 is 0 Å². The van der Waals surface area contributed by atoms with Gasteiger partial charge in [0.05, 0.1) is 24.7 Å². The van der Waals surface area contributed by atoms with Gasteiger partial charge in [0.1, 0.15) is 11.9 Å². The molecule has 0 spiro atoms. The van der Waals surface area contributed by atoms with Crippen LogP contribution >= 0.6 is 11.6 Å². The zero-order chi connectivity index (χ0) is 13.8. The van der Waals surface area contributed by atoms with Crippen molar-refractivity contribution in [2.24, 2.45) is 0 Å². The van der Waals surface area contributed by atoms with Crippen molar-refractivity contribution in [1.82, 2.24) is 9.97 Å². The van der Waals surface area contributed by atoms with Crippen LogP contribution in [-0.4, -0.2) is 22.2 Å². The number of hydrogen-bond acceptors (Lipinski definition) is 4. The number of rotatable bonds is 4. The first-order valence-corrected chi connectivity index (χ1v) is 6.27. The van der Waals surface area contributed by atoms with Crippen LogP contribution in [0.1, 0.15) is 23.1 Å². The van der Waals surface area contributed by atoms with Crippen LogP contribution < -0.4 is 4.74 Å². The van der Waals surface area contributed by atoms with Crippen LogP contribution in [0.5, 0.6) is 5.75 Å². The third-order valence-electron chi connectivity index (χ3n) is 2.80. The highest BCUT2D eigenvalue weighted by atomic mass is 35.5. The van der Waals surface area contributed by atoms with E-state index in [2.05, 4.69) is 9.97 Å². The fourth-order valence-electron chi connectivity index (χ4n) is 1.79. The second-order valence-corrected chi connectivity index (χ2v) is 4.70. The van der Waals surface area contributed by atoms with Crippen molar-refractivity contribution in [2.45, 2.75) is 19.4 Å². The van der Waals surface area contributed by atoms with Crippen molar-refractivity contribution in [3.63, 3.8) is 0 Å². The first-order valence-electron chi connectivity index (χ1n) is 5.89. The molecule has 0 bridgehead atoms. The summed E-state index contributed by atoms with van der Waals surface area (Å²) in [6, 6.07) is 5.32. The van der Waals surface area contributed by atoms with E-state index < -0.39 is 6.10 Å². The van der Waals surface area contributed by atoms with Crippen LogP contribution in [0.3, 0.4) is 0 Å². The molecule has 1 heterocycles. The first kappa shape index (κ1) is 13.8. The maximum atomic E-state index is 10.2. The average molecular weight is 279 g/mol. The molecular weight excluding hydrogens is 264 g/mol. The standard InChI is InChI=1S/C14H15ClN2O2/c1-9-7-17-12(8-16-9)13(18)6-10-5-11(15)3-4-14(10)19-2/h3-5,7-8,13,18H,6H2,1-2H3. The molecule has 0 aliphatic carbocycles. The summed E-state index contributed by atoms with van der Waals surface area (Å²) in [4.78, 5) is 8.29. The van der Waals surface area contributed by atoms with Gasteiger partial charge in [0.25, 0.3) is 0 Å². The van der Waals surface area contributed by atoms with E-state index in [-0.39, 0.29) is 0 Å². The molecule has 4 nitrogen and oxygen atoms in total. The number of ether oxygens (including phenoxy) is 1. The summed E-state index contributed by atoms with van der Waals surface area (Å²) < 4.78 is 5.25. The van der Waals surface area contributed by atoms with E-state index in [9.17, 15) is 5.11 Å². The molecule has 0 aliphatic heterocycles. The third-order valence-corrected chi connectivity index (χ3v) is 3.03. The van der Waals surface area contributed by atoms with Gasteiger partial charge in [-0.15, -0.1) is 0 Å². The van der Waals surface area contributed by atoms with Crippen molar-refractivity contribution >= 4 is 11.6 Å². The minimum absolute atomic E-state index is 0.376. The second-order valence-electron chi connectivity index (χ2n) is 4.26. The van der Waals surface area contributed by atoms with Crippen LogP contribution in [0, 0.1) is 6.92 Å². The average Bonchev–Trinajstić information content (AvgIpc) is 2.39. The Bertz CT molecular complexity index is 558. The Kier molecular flexibility index (Phi) is 4.35. The molecule has 5 heteroatoms. The van der Waals surface area contributed by atoms with E-state index in [1.165, 1.54) is 0 Å². The molecule has 2 aromatic rings. The molecule has 0 radical (unpaired) electrons. The van der Waals surface area contributed by atoms with E-state index in [1.807, 2.05) is 6.92 Å². The minimum Gasteiger partial charge on any atom is -0.496 e. The quantitative estimate of drug-likeness (QED) is 0.934. The van der Waals surface area contributed by atoms with E-state index >= 15 is 0 Å². The van der Waals surface area contributed by atoms with E-state index in [1.54, 1.807) is 37.7 Å². The lowest BCUT2D eigenvalue weighted by Crippen LogP contribution is -2.06. The molecule has 2 rings (SSSR count). The molecule has 0 aliphatic rings. The summed E-state index contributed by atoms with van der Waals surface area (Å²) in [5.74, 6) is 0.698. The summed E-state index contributed by atoms with van der Waals surface area (Å²) in [6.07, 6.45) is 2.85. The van der Waals surface area contributed by atoms with Gasteiger partial charge in [-0.25, -0.2) is 0 Å². The maximum Gasteiger partial charge on any atom is 0.122 e. The Labute approximate surface area is 117 Å². The molecule has 0 fully saturated rings. The van der Waals surface area contributed by atoms with Crippen LogP contribution in [0.2, 0.25) is 5.02 Å². The van der Waals surface area contributed by atoms with Gasteiger partial charge in [0.15, 0.2) is 0 Å². The smallest absolute Gasteiger partial charge is 0.122 e. The van der Waals surface area contributed by atoms with Gasteiger partial charge in [-0.1, -0.05) is 11.6 Å².